The second-order valence-corrected chi connectivity index (χ2v) is 4.53. The van der Waals surface area contributed by atoms with Crippen LogP contribution >= 0.6 is 11.6 Å². The number of rotatable bonds is 3. The fourth-order valence-corrected chi connectivity index (χ4v) is 1.92. The number of benzene rings is 1. The summed E-state index contributed by atoms with van der Waals surface area (Å²) < 4.78 is 5.63. The van der Waals surface area contributed by atoms with Crippen LogP contribution in [0.15, 0.2) is 54.9 Å². The normalized spacial score (nSPS) is 10.6. The van der Waals surface area contributed by atoms with Gasteiger partial charge in [0.2, 0.25) is 0 Å². The molecule has 0 saturated heterocycles. The van der Waals surface area contributed by atoms with Crippen LogP contribution in [0.1, 0.15) is 5.56 Å². The second-order valence-electron chi connectivity index (χ2n) is 4.14. The lowest BCUT2D eigenvalue weighted by atomic mass is 10.2. The molecule has 0 N–H and O–H groups in total. The molecule has 3 nitrogen and oxygen atoms in total. The molecule has 1 aromatic carbocycles. The summed E-state index contributed by atoms with van der Waals surface area (Å²) in [4.78, 5) is 8.36. The highest BCUT2D eigenvalue weighted by Crippen LogP contribution is 2.16. The number of ether oxygens (including phenoxy) is 1. The zero-order valence-corrected chi connectivity index (χ0v) is 10.8. The van der Waals surface area contributed by atoms with Gasteiger partial charge in [0.25, 0.3) is 0 Å². The van der Waals surface area contributed by atoms with E-state index in [9.17, 15) is 0 Å². The number of hydrogen-bond donors (Lipinski definition) is 0. The van der Waals surface area contributed by atoms with Crippen molar-refractivity contribution >= 4 is 22.5 Å². The third-order valence-electron chi connectivity index (χ3n) is 2.75. The van der Waals surface area contributed by atoms with E-state index in [0.717, 1.165) is 16.5 Å². The number of para-hydroxylation sites is 1. The van der Waals surface area contributed by atoms with E-state index in [-0.39, 0.29) is 0 Å². The van der Waals surface area contributed by atoms with Crippen LogP contribution in [0.3, 0.4) is 0 Å². The summed E-state index contributed by atoms with van der Waals surface area (Å²) in [5.41, 5.74) is 2.01. The molecule has 4 heteroatoms. The topological polar surface area (TPSA) is 35.0 Å². The Morgan fingerprint density at radius 3 is 2.74 bits per heavy atom. The van der Waals surface area contributed by atoms with Crippen molar-refractivity contribution in [1.29, 1.82) is 0 Å². The highest BCUT2D eigenvalue weighted by atomic mass is 35.5. The Balaban J connectivity index is 1.76. The van der Waals surface area contributed by atoms with E-state index in [1.807, 2.05) is 30.5 Å². The molecule has 2 aromatic heterocycles. The maximum Gasteiger partial charge on any atom is 0.138 e. The van der Waals surface area contributed by atoms with Gasteiger partial charge < -0.3 is 4.74 Å². The van der Waals surface area contributed by atoms with Crippen molar-refractivity contribution in [2.45, 2.75) is 6.61 Å². The minimum absolute atomic E-state index is 0.458. The van der Waals surface area contributed by atoms with Gasteiger partial charge in [-0.3, -0.25) is 4.98 Å². The first-order valence-corrected chi connectivity index (χ1v) is 6.27. The van der Waals surface area contributed by atoms with Gasteiger partial charge in [0, 0.05) is 17.1 Å². The van der Waals surface area contributed by atoms with Crippen molar-refractivity contribution in [3.63, 3.8) is 0 Å². The predicted molar refractivity (Wildman–Crippen MR) is 75.3 cm³/mol. The quantitative estimate of drug-likeness (QED) is 0.678. The van der Waals surface area contributed by atoms with Gasteiger partial charge >= 0.3 is 0 Å². The maximum atomic E-state index is 5.72. The molecule has 3 rings (SSSR count). The summed E-state index contributed by atoms with van der Waals surface area (Å²) >= 11 is 5.72. The Labute approximate surface area is 115 Å². The minimum atomic E-state index is 0.458. The summed E-state index contributed by atoms with van der Waals surface area (Å²) in [6.45, 7) is 0.459. The van der Waals surface area contributed by atoms with E-state index in [1.165, 1.54) is 0 Å². The molecule has 2 heterocycles. The number of nitrogens with zero attached hydrogens (tertiary/aromatic N) is 2. The standard InChI is InChI=1S/C15H11ClN2O/c16-15-6-5-13(9-18-15)19-10-11-7-12-3-1-2-4-14(12)17-8-11/h1-9H,10H2. The fourth-order valence-electron chi connectivity index (χ4n) is 1.81. The van der Waals surface area contributed by atoms with Crippen molar-refractivity contribution in [2.24, 2.45) is 0 Å². The molecule has 0 aliphatic rings. The van der Waals surface area contributed by atoms with Crippen LogP contribution in [0.25, 0.3) is 10.9 Å². The van der Waals surface area contributed by atoms with E-state index in [0.29, 0.717) is 17.5 Å². The van der Waals surface area contributed by atoms with Crippen molar-refractivity contribution < 1.29 is 4.74 Å². The minimum Gasteiger partial charge on any atom is -0.487 e. The molecule has 0 bridgehead atoms. The molecule has 0 atom stereocenters. The number of aromatic nitrogens is 2. The lowest BCUT2D eigenvalue weighted by Crippen LogP contribution is -1.96. The third kappa shape index (κ3) is 2.83. The smallest absolute Gasteiger partial charge is 0.138 e. The van der Waals surface area contributed by atoms with Crippen LogP contribution in [-0.2, 0) is 6.61 Å². The van der Waals surface area contributed by atoms with Crippen molar-refractivity contribution in [3.05, 3.63) is 65.6 Å². The number of halogens is 1. The molecule has 94 valence electrons. The van der Waals surface area contributed by atoms with Crippen LogP contribution in [0.2, 0.25) is 5.15 Å². The van der Waals surface area contributed by atoms with Crippen molar-refractivity contribution in [1.82, 2.24) is 9.97 Å². The van der Waals surface area contributed by atoms with Gasteiger partial charge in [0.1, 0.15) is 17.5 Å². The highest BCUT2D eigenvalue weighted by molar-refractivity contribution is 6.29. The Morgan fingerprint density at radius 1 is 1.00 bits per heavy atom. The molecule has 0 spiro atoms. The zero-order valence-electron chi connectivity index (χ0n) is 10.1. The lowest BCUT2D eigenvalue weighted by molar-refractivity contribution is 0.305. The zero-order chi connectivity index (χ0) is 13.1. The van der Waals surface area contributed by atoms with E-state index in [4.69, 9.17) is 16.3 Å². The van der Waals surface area contributed by atoms with E-state index in [1.54, 1.807) is 18.3 Å². The fraction of sp³-hybridized carbons (Fsp3) is 0.0667. The summed E-state index contributed by atoms with van der Waals surface area (Å²) in [6.07, 6.45) is 3.43. The van der Waals surface area contributed by atoms with Crippen molar-refractivity contribution in [3.8, 4) is 5.75 Å². The number of fused-ring (bicyclic) bond motifs is 1. The molecule has 3 aromatic rings. The van der Waals surface area contributed by atoms with Gasteiger partial charge in [-0.15, -0.1) is 0 Å². The first-order valence-electron chi connectivity index (χ1n) is 5.89. The van der Waals surface area contributed by atoms with Gasteiger partial charge in [-0.25, -0.2) is 4.98 Å². The molecule has 0 fully saturated rings. The van der Waals surface area contributed by atoms with Crippen LogP contribution in [0, 0.1) is 0 Å². The molecular weight excluding hydrogens is 260 g/mol. The maximum absolute atomic E-state index is 5.72. The summed E-state index contributed by atoms with van der Waals surface area (Å²) in [7, 11) is 0. The summed E-state index contributed by atoms with van der Waals surface area (Å²) in [5, 5.41) is 1.57. The molecule has 19 heavy (non-hydrogen) atoms. The Hall–Kier alpha value is -2.13. The molecule has 0 unspecified atom stereocenters. The molecule has 0 saturated carbocycles. The average Bonchev–Trinajstić information content (AvgIpc) is 2.46. The molecule has 0 aliphatic heterocycles. The third-order valence-corrected chi connectivity index (χ3v) is 2.98. The summed E-state index contributed by atoms with van der Waals surface area (Å²) in [6, 6.07) is 13.6. The molecule has 0 amide bonds. The van der Waals surface area contributed by atoms with Crippen LogP contribution in [0.5, 0.6) is 5.75 Å². The summed E-state index contributed by atoms with van der Waals surface area (Å²) in [5.74, 6) is 0.692. The Kier molecular flexibility index (Phi) is 3.29. The highest BCUT2D eigenvalue weighted by Gasteiger charge is 1.99. The van der Waals surface area contributed by atoms with Gasteiger partial charge in [-0.2, -0.15) is 0 Å². The number of pyridine rings is 2. The van der Waals surface area contributed by atoms with Gasteiger partial charge in [-0.1, -0.05) is 29.8 Å². The molecular formula is C15H11ClN2O. The van der Waals surface area contributed by atoms with Crippen molar-refractivity contribution in [2.75, 3.05) is 0 Å². The average molecular weight is 271 g/mol. The Bertz CT molecular complexity index is 698. The molecule has 0 aliphatic carbocycles. The first kappa shape index (κ1) is 11.9. The van der Waals surface area contributed by atoms with E-state index < -0.39 is 0 Å². The van der Waals surface area contributed by atoms with E-state index >= 15 is 0 Å². The van der Waals surface area contributed by atoms with Crippen LogP contribution < -0.4 is 4.74 Å². The van der Waals surface area contributed by atoms with Crippen LogP contribution in [-0.4, -0.2) is 9.97 Å². The lowest BCUT2D eigenvalue weighted by Gasteiger charge is -2.06. The second kappa shape index (κ2) is 5.24. The van der Waals surface area contributed by atoms with Gasteiger partial charge in [-0.05, 0) is 24.3 Å². The van der Waals surface area contributed by atoms with Gasteiger partial charge in [0.05, 0.1) is 11.7 Å². The first-order chi connectivity index (χ1) is 9.31. The molecule has 0 radical (unpaired) electrons. The largest absolute Gasteiger partial charge is 0.487 e. The SMILES string of the molecule is Clc1ccc(OCc2cnc3ccccc3c2)cn1. The van der Waals surface area contributed by atoms with E-state index in [2.05, 4.69) is 16.0 Å². The monoisotopic (exact) mass is 270 g/mol. The number of hydrogen-bond acceptors (Lipinski definition) is 3. The predicted octanol–water partition coefficient (Wildman–Crippen LogP) is 3.86. The Morgan fingerprint density at radius 2 is 1.89 bits per heavy atom. The van der Waals surface area contributed by atoms with Crippen LogP contribution in [0.4, 0.5) is 0 Å². The van der Waals surface area contributed by atoms with Gasteiger partial charge in [0.15, 0.2) is 0 Å².